The molecule has 0 aromatic carbocycles. The molecule has 0 spiro atoms. The van der Waals surface area contributed by atoms with E-state index in [4.69, 9.17) is 4.74 Å². The Morgan fingerprint density at radius 1 is 1.32 bits per heavy atom. The van der Waals surface area contributed by atoms with Gasteiger partial charge in [0.25, 0.3) is 0 Å². The lowest BCUT2D eigenvalue weighted by Crippen LogP contribution is -2.43. The molecule has 2 aromatic rings. The first-order valence-corrected chi connectivity index (χ1v) is 8.46. The van der Waals surface area contributed by atoms with E-state index in [9.17, 15) is 4.79 Å². The van der Waals surface area contributed by atoms with Crippen LogP contribution < -0.4 is 0 Å². The van der Waals surface area contributed by atoms with E-state index < -0.39 is 0 Å². The molecule has 0 radical (unpaired) electrons. The molecule has 1 fully saturated rings. The lowest BCUT2D eigenvalue weighted by Gasteiger charge is -2.33. The number of hydrogen-bond donors (Lipinski definition) is 0. The third-order valence-corrected chi connectivity index (χ3v) is 4.20. The van der Waals surface area contributed by atoms with Gasteiger partial charge in [0.2, 0.25) is 5.91 Å². The molecule has 2 aromatic heterocycles. The van der Waals surface area contributed by atoms with Gasteiger partial charge < -0.3 is 14.5 Å². The van der Waals surface area contributed by atoms with Crippen LogP contribution in [0.2, 0.25) is 0 Å². The average Bonchev–Trinajstić information content (AvgIpc) is 2.68. The third-order valence-electron chi connectivity index (χ3n) is 4.20. The zero-order chi connectivity index (χ0) is 17.5. The van der Waals surface area contributed by atoms with Gasteiger partial charge in [-0.1, -0.05) is 6.07 Å². The van der Waals surface area contributed by atoms with Crippen LogP contribution in [0.1, 0.15) is 23.9 Å². The highest BCUT2D eigenvalue weighted by Crippen LogP contribution is 2.20. The number of carbonyl (C=O) groups is 1. The van der Waals surface area contributed by atoms with Crippen LogP contribution in [0.4, 0.5) is 0 Å². The maximum Gasteiger partial charge on any atom is 0.224 e. The highest BCUT2D eigenvalue weighted by Gasteiger charge is 2.26. The molecular formula is C18H23N5O2. The zero-order valence-corrected chi connectivity index (χ0v) is 14.4. The lowest BCUT2D eigenvalue weighted by atomic mass is 10.2. The van der Waals surface area contributed by atoms with Crippen molar-refractivity contribution in [2.45, 2.75) is 19.1 Å². The number of nitrogens with zero attached hydrogens (tertiary/aromatic N) is 5. The van der Waals surface area contributed by atoms with E-state index in [-0.39, 0.29) is 12.0 Å². The Balaban J connectivity index is 1.47. The summed E-state index contributed by atoms with van der Waals surface area (Å²) >= 11 is 0. The van der Waals surface area contributed by atoms with Crippen molar-refractivity contribution < 1.29 is 9.53 Å². The minimum Gasteiger partial charge on any atom is -0.368 e. The van der Waals surface area contributed by atoms with Gasteiger partial charge in [-0.25, -0.2) is 0 Å². The fraction of sp³-hybridized carbons (Fsp3) is 0.444. The van der Waals surface area contributed by atoms with Crippen molar-refractivity contribution in [3.8, 4) is 0 Å². The molecule has 1 atom stereocenters. The third kappa shape index (κ3) is 5.04. The molecule has 1 amide bonds. The fourth-order valence-corrected chi connectivity index (χ4v) is 2.82. The summed E-state index contributed by atoms with van der Waals surface area (Å²) < 4.78 is 5.73. The van der Waals surface area contributed by atoms with Crippen molar-refractivity contribution in [2.24, 2.45) is 0 Å². The van der Waals surface area contributed by atoms with Crippen LogP contribution >= 0.6 is 0 Å². The maximum atomic E-state index is 12.5. The fourth-order valence-electron chi connectivity index (χ4n) is 2.82. The molecule has 25 heavy (non-hydrogen) atoms. The molecule has 7 nitrogen and oxygen atoms in total. The first kappa shape index (κ1) is 17.4. The second-order valence-corrected chi connectivity index (χ2v) is 6.14. The van der Waals surface area contributed by atoms with Crippen LogP contribution in [0.5, 0.6) is 0 Å². The number of carbonyl (C=O) groups excluding carboxylic acids is 1. The quantitative estimate of drug-likeness (QED) is 0.788. The van der Waals surface area contributed by atoms with Crippen LogP contribution in [0.25, 0.3) is 0 Å². The Hall–Kier alpha value is -2.38. The summed E-state index contributed by atoms with van der Waals surface area (Å²) in [6, 6.07) is 5.87. The van der Waals surface area contributed by atoms with E-state index in [0.717, 1.165) is 17.9 Å². The molecule has 1 saturated heterocycles. The summed E-state index contributed by atoms with van der Waals surface area (Å²) in [6.07, 6.45) is 7.04. The van der Waals surface area contributed by atoms with Crippen molar-refractivity contribution in [3.63, 3.8) is 0 Å². The van der Waals surface area contributed by atoms with Crippen molar-refractivity contribution in [1.29, 1.82) is 0 Å². The zero-order valence-electron chi connectivity index (χ0n) is 14.4. The number of ether oxygens (including phenoxy) is 1. The van der Waals surface area contributed by atoms with Crippen molar-refractivity contribution in [3.05, 3.63) is 54.4 Å². The molecule has 0 bridgehead atoms. The first-order valence-electron chi connectivity index (χ1n) is 8.46. The molecule has 0 aliphatic carbocycles. The van der Waals surface area contributed by atoms with Gasteiger partial charge in [0.15, 0.2) is 0 Å². The molecule has 3 heterocycles. The number of hydrogen-bond acceptors (Lipinski definition) is 6. The Morgan fingerprint density at radius 2 is 2.24 bits per heavy atom. The Bertz CT molecular complexity index is 668. The Kier molecular flexibility index (Phi) is 6.03. The average molecular weight is 341 g/mol. The van der Waals surface area contributed by atoms with Gasteiger partial charge in [0.1, 0.15) is 6.10 Å². The summed E-state index contributed by atoms with van der Waals surface area (Å²) in [5.41, 5.74) is 1.78. The second-order valence-electron chi connectivity index (χ2n) is 6.14. The van der Waals surface area contributed by atoms with E-state index in [2.05, 4.69) is 19.9 Å². The smallest absolute Gasteiger partial charge is 0.224 e. The van der Waals surface area contributed by atoms with Crippen LogP contribution in [-0.4, -0.2) is 63.9 Å². The topological polar surface area (TPSA) is 71.5 Å². The number of aromatic nitrogens is 3. The van der Waals surface area contributed by atoms with Crippen LogP contribution in [0.3, 0.4) is 0 Å². The standard InChI is InChI=1S/C18H23N5O2/c1-22(13-15-4-2-3-6-20-15)9-5-18(24)23-10-11-25-17(14-23)16-12-19-7-8-21-16/h2-4,6-8,12,17H,5,9-11,13-14H2,1H3/t17-/m0/s1. The van der Waals surface area contributed by atoms with Gasteiger partial charge in [0, 0.05) is 44.6 Å². The van der Waals surface area contributed by atoms with Gasteiger partial charge in [-0.15, -0.1) is 0 Å². The molecule has 0 N–H and O–H groups in total. The normalized spacial score (nSPS) is 17.7. The van der Waals surface area contributed by atoms with E-state index in [1.54, 1.807) is 24.8 Å². The number of pyridine rings is 1. The molecule has 3 rings (SSSR count). The highest BCUT2D eigenvalue weighted by molar-refractivity contribution is 5.76. The van der Waals surface area contributed by atoms with Crippen molar-refractivity contribution in [1.82, 2.24) is 24.8 Å². The van der Waals surface area contributed by atoms with Gasteiger partial charge in [-0.05, 0) is 19.2 Å². The second kappa shape index (κ2) is 8.64. The summed E-state index contributed by atoms with van der Waals surface area (Å²) in [4.78, 5) is 29.2. The molecule has 1 aliphatic rings. The molecule has 7 heteroatoms. The van der Waals surface area contributed by atoms with Gasteiger partial charge in [-0.2, -0.15) is 0 Å². The van der Waals surface area contributed by atoms with Crippen LogP contribution in [0.15, 0.2) is 43.0 Å². The summed E-state index contributed by atoms with van der Waals surface area (Å²) in [6.45, 7) is 3.11. The predicted octanol–water partition coefficient (Wildman–Crippen LogP) is 1.29. The summed E-state index contributed by atoms with van der Waals surface area (Å²) in [5, 5.41) is 0. The van der Waals surface area contributed by atoms with Gasteiger partial charge in [-0.3, -0.25) is 19.7 Å². The van der Waals surface area contributed by atoms with Gasteiger partial charge >= 0.3 is 0 Å². The lowest BCUT2D eigenvalue weighted by molar-refractivity contribution is -0.139. The van der Waals surface area contributed by atoms with E-state index in [1.807, 2.05) is 30.1 Å². The molecule has 0 saturated carbocycles. The predicted molar refractivity (Wildman–Crippen MR) is 92.5 cm³/mol. The minimum atomic E-state index is -0.197. The summed E-state index contributed by atoms with van der Waals surface area (Å²) in [7, 11) is 2.00. The molecule has 132 valence electrons. The van der Waals surface area contributed by atoms with Gasteiger partial charge in [0.05, 0.1) is 30.7 Å². The Labute approximate surface area is 147 Å². The Morgan fingerprint density at radius 3 is 3.00 bits per heavy atom. The van der Waals surface area contributed by atoms with Crippen LogP contribution in [0, 0.1) is 0 Å². The maximum absolute atomic E-state index is 12.5. The van der Waals surface area contributed by atoms with Crippen molar-refractivity contribution >= 4 is 5.91 Å². The molecule has 1 aliphatic heterocycles. The van der Waals surface area contributed by atoms with E-state index in [0.29, 0.717) is 32.7 Å². The van der Waals surface area contributed by atoms with E-state index >= 15 is 0 Å². The van der Waals surface area contributed by atoms with Crippen molar-refractivity contribution in [2.75, 3.05) is 33.3 Å². The molecule has 0 unspecified atom stereocenters. The SMILES string of the molecule is CN(CCC(=O)N1CCO[C@H](c2cnccn2)C1)Cc1ccccn1. The first-order chi connectivity index (χ1) is 12.2. The number of rotatable bonds is 6. The minimum absolute atomic E-state index is 0.144. The monoisotopic (exact) mass is 341 g/mol. The van der Waals surface area contributed by atoms with E-state index in [1.165, 1.54) is 0 Å². The van der Waals surface area contributed by atoms with Crippen LogP contribution in [-0.2, 0) is 16.1 Å². The summed E-state index contributed by atoms with van der Waals surface area (Å²) in [5.74, 6) is 0.144. The highest BCUT2D eigenvalue weighted by atomic mass is 16.5. The number of morpholine rings is 1. The molecular weight excluding hydrogens is 318 g/mol. The number of amides is 1. The largest absolute Gasteiger partial charge is 0.368 e.